The summed E-state index contributed by atoms with van der Waals surface area (Å²) in [6.45, 7) is 8.52. The SMILES string of the molecule is CCCCCCCCOc1cc(C(=O)NCCCCCCC)ccc1C(=O)NCCCCCCC. The van der Waals surface area contributed by atoms with Gasteiger partial charge in [0, 0.05) is 18.7 Å². The van der Waals surface area contributed by atoms with E-state index in [0.717, 1.165) is 38.5 Å². The number of carbonyl (C=O) groups excluding carboxylic acids is 2. The van der Waals surface area contributed by atoms with Crippen molar-refractivity contribution in [2.24, 2.45) is 0 Å². The van der Waals surface area contributed by atoms with Crippen molar-refractivity contribution in [2.75, 3.05) is 19.7 Å². The van der Waals surface area contributed by atoms with Crippen molar-refractivity contribution < 1.29 is 14.3 Å². The largest absolute Gasteiger partial charge is 0.493 e. The fraction of sp³-hybridized carbons (Fsp3) is 0.733. The highest BCUT2D eigenvalue weighted by Crippen LogP contribution is 2.22. The molecule has 0 spiro atoms. The summed E-state index contributed by atoms with van der Waals surface area (Å²) in [7, 11) is 0. The van der Waals surface area contributed by atoms with Crippen molar-refractivity contribution >= 4 is 11.8 Å². The van der Waals surface area contributed by atoms with Crippen molar-refractivity contribution in [1.29, 1.82) is 0 Å². The van der Waals surface area contributed by atoms with Gasteiger partial charge >= 0.3 is 0 Å². The van der Waals surface area contributed by atoms with Gasteiger partial charge in [0.25, 0.3) is 11.8 Å². The van der Waals surface area contributed by atoms with Gasteiger partial charge in [0.1, 0.15) is 5.75 Å². The number of unbranched alkanes of at least 4 members (excludes halogenated alkanes) is 13. The molecule has 35 heavy (non-hydrogen) atoms. The van der Waals surface area contributed by atoms with Crippen LogP contribution >= 0.6 is 0 Å². The fourth-order valence-corrected chi connectivity index (χ4v) is 4.09. The maximum absolute atomic E-state index is 12.8. The first-order valence-corrected chi connectivity index (χ1v) is 14.5. The number of hydrogen-bond donors (Lipinski definition) is 2. The number of nitrogens with one attached hydrogen (secondary N) is 2. The van der Waals surface area contributed by atoms with Crippen LogP contribution in [0.15, 0.2) is 18.2 Å². The summed E-state index contributed by atoms with van der Waals surface area (Å²) in [6.07, 6.45) is 18.6. The van der Waals surface area contributed by atoms with Gasteiger partial charge in [-0.2, -0.15) is 0 Å². The molecule has 2 amide bonds. The van der Waals surface area contributed by atoms with Crippen LogP contribution in [0.25, 0.3) is 0 Å². The maximum Gasteiger partial charge on any atom is 0.255 e. The molecule has 5 nitrogen and oxygen atoms in total. The van der Waals surface area contributed by atoms with E-state index < -0.39 is 0 Å². The average Bonchev–Trinajstić information content (AvgIpc) is 2.87. The second-order valence-corrected chi connectivity index (χ2v) is 9.67. The Hall–Kier alpha value is -2.04. The van der Waals surface area contributed by atoms with Crippen LogP contribution in [0.5, 0.6) is 5.75 Å². The molecule has 0 atom stereocenters. The third-order valence-corrected chi connectivity index (χ3v) is 6.38. The van der Waals surface area contributed by atoms with Gasteiger partial charge in [-0.1, -0.05) is 104 Å². The zero-order valence-electron chi connectivity index (χ0n) is 22.9. The second-order valence-electron chi connectivity index (χ2n) is 9.67. The number of rotatable bonds is 22. The van der Waals surface area contributed by atoms with Crippen LogP contribution in [0.1, 0.15) is 144 Å². The van der Waals surface area contributed by atoms with E-state index in [4.69, 9.17) is 4.74 Å². The molecule has 0 unspecified atom stereocenters. The summed E-state index contributed by atoms with van der Waals surface area (Å²) in [5.74, 6) is 0.284. The predicted octanol–water partition coefficient (Wildman–Crippen LogP) is 7.83. The van der Waals surface area contributed by atoms with Gasteiger partial charge in [-0.05, 0) is 37.5 Å². The molecule has 0 radical (unpaired) electrons. The number of hydrogen-bond acceptors (Lipinski definition) is 3. The van der Waals surface area contributed by atoms with E-state index in [9.17, 15) is 9.59 Å². The summed E-state index contributed by atoms with van der Waals surface area (Å²) < 4.78 is 6.04. The highest BCUT2D eigenvalue weighted by Gasteiger charge is 2.16. The Morgan fingerprint density at radius 3 is 1.69 bits per heavy atom. The number of benzene rings is 1. The third kappa shape index (κ3) is 14.8. The van der Waals surface area contributed by atoms with Gasteiger partial charge in [-0.3, -0.25) is 9.59 Å². The Kier molecular flexibility index (Phi) is 18.8. The highest BCUT2D eigenvalue weighted by atomic mass is 16.5. The van der Waals surface area contributed by atoms with E-state index in [1.54, 1.807) is 18.2 Å². The topological polar surface area (TPSA) is 67.4 Å². The Morgan fingerprint density at radius 2 is 1.11 bits per heavy atom. The normalized spacial score (nSPS) is 10.8. The predicted molar refractivity (Wildman–Crippen MR) is 147 cm³/mol. The number of amides is 2. The van der Waals surface area contributed by atoms with Crippen LogP contribution in [0.3, 0.4) is 0 Å². The molecule has 0 aliphatic rings. The zero-order valence-corrected chi connectivity index (χ0v) is 22.9. The molecule has 0 saturated heterocycles. The standard InChI is InChI=1S/C30H52N2O3/c1-4-7-10-13-16-19-24-35-28-25-26(29(33)31-22-17-14-11-8-5-2)20-21-27(28)30(34)32-23-18-15-12-9-6-3/h20-21,25H,4-19,22-24H2,1-3H3,(H,31,33)(H,32,34). The van der Waals surface area contributed by atoms with Gasteiger partial charge < -0.3 is 15.4 Å². The lowest BCUT2D eigenvalue weighted by molar-refractivity contribution is 0.0937. The Morgan fingerprint density at radius 1 is 0.629 bits per heavy atom. The van der Waals surface area contributed by atoms with E-state index in [-0.39, 0.29) is 11.8 Å². The summed E-state index contributed by atoms with van der Waals surface area (Å²) in [6, 6.07) is 5.21. The number of ether oxygens (including phenoxy) is 1. The summed E-state index contributed by atoms with van der Waals surface area (Å²) in [5.41, 5.74) is 1.06. The first kappa shape index (κ1) is 31.0. The van der Waals surface area contributed by atoms with Crippen molar-refractivity contribution in [3.63, 3.8) is 0 Å². The molecule has 5 heteroatoms. The molecule has 2 N–H and O–H groups in total. The minimum atomic E-state index is -0.124. The lowest BCUT2D eigenvalue weighted by atomic mass is 10.1. The minimum Gasteiger partial charge on any atom is -0.493 e. The van der Waals surface area contributed by atoms with Gasteiger partial charge in [-0.25, -0.2) is 0 Å². The fourth-order valence-electron chi connectivity index (χ4n) is 4.09. The second kappa shape index (κ2) is 21.3. The summed E-state index contributed by atoms with van der Waals surface area (Å²) >= 11 is 0. The van der Waals surface area contributed by atoms with Crippen LogP contribution in [0.4, 0.5) is 0 Å². The third-order valence-electron chi connectivity index (χ3n) is 6.38. The van der Waals surface area contributed by atoms with Gasteiger partial charge in [0.15, 0.2) is 0 Å². The Balaban J connectivity index is 2.66. The lowest BCUT2D eigenvalue weighted by Gasteiger charge is -2.14. The number of carbonyl (C=O) groups is 2. The monoisotopic (exact) mass is 488 g/mol. The molecular formula is C30H52N2O3. The van der Waals surface area contributed by atoms with Gasteiger partial charge in [0.2, 0.25) is 0 Å². The molecule has 1 aromatic rings. The van der Waals surface area contributed by atoms with E-state index in [1.807, 2.05) is 0 Å². The van der Waals surface area contributed by atoms with Crippen LogP contribution in [0, 0.1) is 0 Å². The minimum absolute atomic E-state index is 0.104. The molecule has 0 aliphatic carbocycles. The molecule has 1 rings (SSSR count). The van der Waals surface area contributed by atoms with E-state index in [0.29, 0.717) is 36.6 Å². The van der Waals surface area contributed by atoms with Crippen molar-refractivity contribution in [3.8, 4) is 5.75 Å². The van der Waals surface area contributed by atoms with Crippen LogP contribution < -0.4 is 15.4 Å². The molecule has 0 bridgehead atoms. The van der Waals surface area contributed by atoms with Crippen molar-refractivity contribution in [1.82, 2.24) is 10.6 Å². The first-order valence-electron chi connectivity index (χ1n) is 14.5. The Bertz CT molecular complexity index is 690. The van der Waals surface area contributed by atoms with Crippen molar-refractivity contribution in [3.05, 3.63) is 29.3 Å². The molecule has 0 aliphatic heterocycles. The Labute approximate surface area is 215 Å². The van der Waals surface area contributed by atoms with Crippen LogP contribution in [-0.2, 0) is 0 Å². The van der Waals surface area contributed by atoms with E-state index >= 15 is 0 Å². The average molecular weight is 489 g/mol. The van der Waals surface area contributed by atoms with Crippen molar-refractivity contribution in [2.45, 2.75) is 124 Å². The summed E-state index contributed by atoms with van der Waals surface area (Å²) in [4.78, 5) is 25.5. The van der Waals surface area contributed by atoms with E-state index in [2.05, 4.69) is 31.4 Å². The summed E-state index contributed by atoms with van der Waals surface area (Å²) in [5, 5.41) is 6.04. The molecule has 0 heterocycles. The van der Waals surface area contributed by atoms with Crippen LogP contribution in [-0.4, -0.2) is 31.5 Å². The highest BCUT2D eigenvalue weighted by molar-refractivity contribution is 6.00. The zero-order chi connectivity index (χ0) is 25.6. The molecule has 0 fully saturated rings. The van der Waals surface area contributed by atoms with Gasteiger partial charge in [-0.15, -0.1) is 0 Å². The quantitative estimate of drug-likeness (QED) is 0.163. The lowest BCUT2D eigenvalue weighted by Crippen LogP contribution is -2.26. The molecule has 0 saturated carbocycles. The smallest absolute Gasteiger partial charge is 0.255 e. The molecule has 0 aromatic heterocycles. The molecular weight excluding hydrogens is 436 g/mol. The molecule has 1 aromatic carbocycles. The molecule has 200 valence electrons. The maximum atomic E-state index is 12.8. The van der Waals surface area contributed by atoms with Crippen LogP contribution in [0.2, 0.25) is 0 Å². The first-order chi connectivity index (χ1) is 17.1. The van der Waals surface area contributed by atoms with Gasteiger partial charge in [0.05, 0.1) is 12.2 Å². The van der Waals surface area contributed by atoms with E-state index in [1.165, 1.54) is 64.2 Å².